The van der Waals surface area contributed by atoms with Crippen molar-refractivity contribution in [3.05, 3.63) is 95.7 Å². The van der Waals surface area contributed by atoms with Crippen LogP contribution in [-0.4, -0.2) is 10.8 Å². The van der Waals surface area contributed by atoms with Gasteiger partial charge in [-0.1, -0.05) is 67.6 Å². The zero-order valence-corrected chi connectivity index (χ0v) is 17.4. The highest BCUT2D eigenvalue weighted by molar-refractivity contribution is 6.04. The van der Waals surface area contributed by atoms with Crippen LogP contribution < -0.4 is 21.8 Å². The summed E-state index contributed by atoms with van der Waals surface area (Å²) < 4.78 is 6.19. The van der Waals surface area contributed by atoms with Crippen molar-refractivity contribution in [3.63, 3.8) is 0 Å². The molecule has 0 atom stereocenters. The summed E-state index contributed by atoms with van der Waals surface area (Å²) in [5.74, 6) is 12.3. The Bertz CT molecular complexity index is 1220. The number of pyridine rings is 1. The first-order chi connectivity index (χ1) is 15.2. The molecule has 5 N–H and O–H groups in total. The van der Waals surface area contributed by atoms with Crippen LogP contribution in [-0.2, 0) is 13.0 Å². The quantitative estimate of drug-likeness (QED) is 0.192. The van der Waals surface area contributed by atoms with E-state index in [9.17, 15) is 0 Å². The van der Waals surface area contributed by atoms with Crippen molar-refractivity contribution < 1.29 is 4.74 Å². The predicted molar refractivity (Wildman–Crippen MR) is 125 cm³/mol. The number of ether oxygens (including phenoxy) is 1. The van der Waals surface area contributed by atoms with Gasteiger partial charge in [0, 0.05) is 22.7 Å². The van der Waals surface area contributed by atoms with Gasteiger partial charge in [-0.25, -0.2) is 5.84 Å². The summed E-state index contributed by atoms with van der Waals surface area (Å²) in [7, 11) is 0. The molecular formula is C25H25N5O. The minimum Gasteiger partial charge on any atom is -0.488 e. The van der Waals surface area contributed by atoms with Gasteiger partial charge >= 0.3 is 0 Å². The molecule has 0 fully saturated rings. The lowest BCUT2D eigenvalue weighted by atomic mass is 9.98. The third-order valence-corrected chi connectivity index (χ3v) is 5.20. The van der Waals surface area contributed by atoms with Crippen LogP contribution in [0.5, 0.6) is 5.75 Å². The molecule has 6 heteroatoms. The fraction of sp³-hybridized carbons (Fsp3) is 0.120. The lowest BCUT2D eigenvalue weighted by Gasteiger charge is -2.13. The number of nitrogens with two attached hydrogens (primary N) is 2. The van der Waals surface area contributed by atoms with E-state index in [1.54, 1.807) is 0 Å². The second-order valence-corrected chi connectivity index (χ2v) is 7.14. The Hall–Kier alpha value is -3.90. The second kappa shape index (κ2) is 9.28. The van der Waals surface area contributed by atoms with E-state index in [-0.39, 0.29) is 0 Å². The van der Waals surface area contributed by atoms with Crippen molar-refractivity contribution in [2.75, 3.05) is 0 Å². The molecule has 0 saturated carbocycles. The largest absolute Gasteiger partial charge is 0.488 e. The van der Waals surface area contributed by atoms with E-state index in [0.29, 0.717) is 12.4 Å². The summed E-state index contributed by atoms with van der Waals surface area (Å²) in [5.41, 5.74) is 8.47. The third kappa shape index (κ3) is 4.34. The molecule has 0 bridgehead atoms. The molecule has 0 spiro atoms. The Kier molecular flexibility index (Phi) is 6.10. The average Bonchev–Trinajstić information content (AvgIpc) is 2.84. The Morgan fingerprint density at radius 1 is 1.00 bits per heavy atom. The smallest absolute Gasteiger partial charge is 0.167 e. The molecule has 6 nitrogen and oxygen atoms in total. The number of nitrogens with zero attached hydrogens (tertiary/aromatic N) is 2. The number of nitrogens with one attached hydrogen (secondary N) is 1. The molecule has 4 aromatic rings. The first kappa shape index (κ1) is 20.4. The van der Waals surface area contributed by atoms with E-state index < -0.39 is 0 Å². The van der Waals surface area contributed by atoms with Gasteiger partial charge in [0.05, 0.1) is 5.52 Å². The summed E-state index contributed by atoms with van der Waals surface area (Å²) >= 11 is 0. The van der Waals surface area contributed by atoms with Crippen LogP contribution in [0, 0.1) is 0 Å². The number of aryl methyl sites for hydroxylation is 1. The van der Waals surface area contributed by atoms with Crippen molar-refractivity contribution >= 4 is 16.7 Å². The van der Waals surface area contributed by atoms with E-state index in [0.717, 1.165) is 51.0 Å². The Morgan fingerprint density at radius 3 is 2.48 bits per heavy atom. The minimum atomic E-state index is 0.430. The lowest BCUT2D eigenvalue weighted by molar-refractivity contribution is 0.309. The van der Waals surface area contributed by atoms with Crippen LogP contribution in [0.4, 0.5) is 0 Å². The normalized spacial score (nSPS) is 11.5. The highest BCUT2D eigenvalue weighted by Crippen LogP contribution is 2.28. The molecule has 31 heavy (non-hydrogen) atoms. The van der Waals surface area contributed by atoms with Gasteiger partial charge in [-0.2, -0.15) is 5.10 Å². The average molecular weight is 412 g/mol. The molecule has 4 rings (SSSR count). The van der Waals surface area contributed by atoms with Crippen molar-refractivity contribution in [2.24, 2.45) is 16.8 Å². The number of hydrazine groups is 1. The highest BCUT2D eigenvalue weighted by atomic mass is 16.5. The predicted octanol–water partition coefficient (Wildman–Crippen LogP) is 4.13. The van der Waals surface area contributed by atoms with E-state index in [1.165, 1.54) is 0 Å². The van der Waals surface area contributed by atoms with Gasteiger partial charge in [-0.3, -0.25) is 4.98 Å². The first-order valence-electron chi connectivity index (χ1n) is 10.2. The SMILES string of the molecule is CCc1cc(OCc2ccc(-c3ccccc3/C(=N/N)NN)cc2)c2ccccc2n1. The van der Waals surface area contributed by atoms with E-state index >= 15 is 0 Å². The van der Waals surface area contributed by atoms with Gasteiger partial charge in [0.1, 0.15) is 12.4 Å². The molecular weight excluding hydrogens is 386 g/mol. The fourth-order valence-corrected chi connectivity index (χ4v) is 3.56. The summed E-state index contributed by atoms with van der Waals surface area (Å²) in [6, 6.07) is 26.2. The molecule has 3 aromatic carbocycles. The molecule has 0 unspecified atom stereocenters. The number of hydrazone groups is 1. The molecule has 0 aliphatic rings. The maximum Gasteiger partial charge on any atom is 0.167 e. The van der Waals surface area contributed by atoms with E-state index in [4.69, 9.17) is 16.4 Å². The zero-order chi connectivity index (χ0) is 21.6. The van der Waals surface area contributed by atoms with Crippen LogP contribution in [0.15, 0.2) is 84.0 Å². The molecule has 0 aliphatic carbocycles. The summed E-state index contributed by atoms with van der Waals surface area (Å²) in [6.45, 7) is 2.57. The molecule has 0 amide bonds. The number of para-hydroxylation sites is 1. The monoisotopic (exact) mass is 411 g/mol. The molecule has 156 valence electrons. The van der Waals surface area contributed by atoms with Gasteiger partial charge in [0.15, 0.2) is 5.84 Å². The number of benzene rings is 3. The van der Waals surface area contributed by atoms with Gasteiger partial charge in [-0.15, -0.1) is 0 Å². The van der Waals surface area contributed by atoms with Crippen molar-refractivity contribution in [1.82, 2.24) is 10.4 Å². The van der Waals surface area contributed by atoms with Crippen molar-refractivity contribution in [3.8, 4) is 16.9 Å². The van der Waals surface area contributed by atoms with Gasteiger partial charge in [0.25, 0.3) is 0 Å². The van der Waals surface area contributed by atoms with Gasteiger partial charge < -0.3 is 16.0 Å². The number of aromatic nitrogens is 1. The minimum absolute atomic E-state index is 0.430. The molecule has 1 aromatic heterocycles. The summed E-state index contributed by atoms with van der Waals surface area (Å²) in [5, 5.41) is 4.76. The van der Waals surface area contributed by atoms with E-state index in [2.05, 4.69) is 46.7 Å². The first-order valence-corrected chi connectivity index (χ1v) is 10.2. The van der Waals surface area contributed by atoms with Crippen LogP contribution in [0.1, 0.15) is 23.7 Å². The second-order valence-electron chi connectivity index (χ2n) is 7.14. The number of fused-ring (bicyclic) bond motifs is 1. The van der Waals surface area contributed by atoms with Crippen LogP contribution in [0.25, 0.3) is 22.0 Å². The van der Waals surface area contributed by atoms with Crippen LogP contribution >= 0.6 is 0 Å². The fourth-order valence-electron chi connectivity index (χ4n) is 3.56. The van der Waals surface area contributed by atoms with Crippen molar-refractivity contribution in [2.45, 2.75) is 20.0 Å². The molecule has 1 heterocycles. The third-order valence-electron chi connectivity index (χ3n) is 5.20. The zero-order valence-electron chi connectivity index (χ0n) is 17.4. The number of hydrogen-bond acceptors (Lipinski definition) is 5. The Morgan fingerprint density at radius 2 is 1.74 bits per heavy atom. The van der Waals surface area contributed by atoms with E-state index in [1.807, 2.05) is 54.6 Å². The maximum absolute atomic E-state index is 6.19. The number of rotatable bonds is 6. The highest BCUT2D eigenvalue weighted by Gasteiger charge is 2.10. The lowest BCUT2D eigenvalue weighted by Crippen LogP contribution is -2.32. The maximum atomic E-state index is 6.19. The Labute approximate surface area is 181 Å². The van der Waals surface area contributed by atoms with Gasteiger partial charge in [-0.05, 0) is 35.2 Å². The summed E-state index contributed by atoms with van der Waals surface area (Å²) in [6.07, 6.45) is 0.862. The Balaban J connectivity index is 1.57. The standard InChI is InChI=1S/C25H25N5O/c1-2-19-15-24(22-9-5-6-10-23(22)28-19)31-16-17-11-13-18(14-12-17)20-7-3-4-8-21(20)25(29-26)30-27/h3-15H,2,16,26-27H2,1H3,(H,29,30). The van der Waals surface area contributed by atoms with Gasteiger partial charge in [0.2, 0.25) is 0 Å². The molecule has 0 aliphatic heterocycles. The molecule has 0 radical (unpaired) electrons. The number of amidine groups is 1. The van der Waals surface area contributed by atoms with Crippen molar-refractivity contribution in [1.29, 1.82) is 0 Å². The summed E-state index contributed by atoms with van der Waals surface area (Å²) in [4.78, 5) is 4.68. The molecule has 0 saturated heterocycles. The van der Waals surface area contributed by atoms with Crippen LogP contribution in [0.2, 0.25) is 0 Å². The number of hydrogen-bond donors (Lipinski definition) is 3. The van der Waals surface area contributed by atoms with Crippen LogP contribution in [0.3, 0.4) is 0 Å². The topological polar surface area (TPSA) is 98.5 Å².